The van der Waals surface area contributed by atoms with Gasteiger partial charge < -0.3 is 10.4 Å². The molecule has 2 N–H and O–H groups in total. The lowest BCUT2D eigenvalue weighted by molar-refractivity contribution is -0.138. The second kappa shape index (κ2) is 4.89. The number of amides is 1. The largest absolute Gasteiger partial charge is 0.480 e. The normalized spacial score (nSPS) is 12.1. The first kappa shape index (κ1) is 12.7. The van der Waals surface area contributed by atoms with Crippen LogP contribution in [-0.4, -0.2) is 32.4 Å². The van der Waals surface area contributed by atoms with Crippen molar-refractivity contribution >= 4 is 17.5 Å². The van der Waals surface area contributed by atoms with Gasteiger partial charge in [0, 0.05) is 12.4 Å². The first-order valence-corrected chi connectivity index (χ1v) is 5.51. The fourth-order valence-electron chi connectivity index (χ4n) is 1.52. The quantitative estimate of drug-likeness (QED) is 0.803. The van der Waals surface area contributed by atoms with Crippen LogP contribution in [0.4, 0.5) is 0 Å². The number of fused-ring (bicyclic) bond motifs is 1. The molecule has 2 aromatic heterocycles. The Morgan fingerprint density at radius 2 is 2.16 bits per heavy atom. The molecule has 0 fully saturated rings. The van der Waals surface area contributed by atoms with E-state index in [1.165, 1.54) is 17.5 Å². The second-order valence-corrected chi connectivity index (χ2v) is 3.94. The van der Waals surface area contributed by atoms with Crippen molar-refractivity contribution in [1.82, 2.24) is 14.7 Å². The summed E-state index contributed by atoms with van der Waals surface area (Å²) in [6.45, 7) is 1.31. The van der Waals surface area contributed by atoms with Crippen molar-refractivity contribution in [3.8, 4) is 0 Å². The second-order valence-electron chi connectivity index (χ2n) is 3.94. The zero-order valence-electron chi connectivity index (χ0n) is 10.0. The van der Waals surface area contributed by atoms with Crippen LogP contribution in [0.25, 0.3) is 5.65 Å². The zero-order chi connectivity index (χ0) is 14.0. The molecule has 0 saturated carbocycles. The van der Waals surface area contributed by atoms with Gasteiger partial charge in [-0.15, -0.1) is 0 Å². The molecule has 0 aliphatic rings. The summed E-state index contributed by atoms with van der Waals surface area (Å²) in [5, 5.41) is 10.9. The number of carboxylic acids is 1. The minimum Gasteiger partial charge on any atom is -0.480 e. The van der Waals surface area contributed by atoms with Gasteiger partial charge in [-0.05, 0) is 19.1 Å². The SMILES string of the molecule is C[C@@H](NC(=O)c1cnc2ccccn2c1=O)C(=O)O. The van der Waals surface area contributed by atoms with Crippen molar-refractivity contribution in [2.75, 3.05) is 0 Å². The Bertz CT molecular complexity index is 707. The third-order valence-electron chi connectivity index (χ3n) is 2.58. The van der Waals surface area contributed by atoms with Gasteiger partial charge in [0.2, 0.25) is 0 Å². The highest BCUT2D eigenvalue weighted by Crippen LogP contribution is 1.98. The predicted molar refractivity (Wildman–Crippen MR) is 66.0 cm³/mol. The molecule has 0 aromatic carbocycles. The van der Waals surface area contributed by atoms with Crippen LogP contribution in [0, 0.1) is 0 Å². The molecule has 98 valence electrons. The van der Waals surface area contributed by atoms with Crippen LogP contribution in [0.2, 0.25) is 0 Å². The summed E-state index contributed by atoms with van der Waals surface area (Å²) in [6, 6.07) is 3.90. The molecule has 0 spiro atoms. The molecule has 2 aromatic rings. The number of carbonyl (C=O) groups excluding carboxylic acids is 1. The Hall–Kier alpha value is -2.70. The van der Waals surface area contributed by atoms with Crippen molar-refractivity contribution < 1.29 is 14.7 Å². The summed E-state index contributed by atoms with van der Waals surface area (Å²) in [5.41, 5.74) is -0.326. The van der Waals surface area contributed by atoms with Gasteiger partial charge >= 0.3 is 5.97 Å². The van der Waals surface area contributed by atoms with Crippen molar-refractivity contribution in [3.63, 3.8) is 0 Å². The van der Waals surface area contributed by atoms with E-state index in [0.29, 0.717) is 5.65 Å². The van der Waals surface area contributed by atoms with Crippen molar-refractivity contribution in [2.45, 2.75) is 13.0 Å². The van der Waals surface area contributed by atoms with Crippen LogP contribution in [0.5, 0.6) is 0 Å². The van der Waals surface area contributed by atoms with Gasteiger partial charge in [0.05, 0.1) is 0 Å². The van der Waals surface area contributed by atoms with E-state index in [2.05, 4.69) is 10.3 Å². The van der Waals surface area contributed by atoms with E-state index in [4.69, 9.17) is 5.11 Å². The standard InChI is InChI=1S/C12H11N3O4/c1-7(12(18)19)14-10(16)8-6-13-9-4-2-3-5-15(9)11(8)17/h2-7H,1H3,(H,14,16)(H,18,19)/t7-/m1/s1. The molecule has 2 heterocycles. The van der Waals surface area contributed by atoms with E-state index in [0.717, 1.165) is 6.20 Å². The third kappa shape index (κ3) is 2.44. The highest BCUT2D eigenvalue weighted by atomic mass is 16.4. The van der Waals surface area contributed by atoms with Crippen LogP contribution in [0.1, 0.15) is 17.3 Å². The smallest absolute Gasteiger partial charge is 0.325 e. The molecule has 0 aliphatic heterocycles. The number of rotatable bonds is 3. The molecular weight excluding hydrogens is 250 g/mol. The van der Waals surface area contributed by atoms with Gasteiger partial charge in [-0.25, -0.2) is 4.98 Å². The fraction of sp³-hybridized carbons (Fsp3) is 0.167. The Labute approximate surface area is 107 Å². The summed E-state index contributed by atoms with van der Waals surface area (Å²) in [5.74, 6) is -1.94. The first-order chi connectivity index (χ1) is 9.00. The molecule has 7 heteroatoms. The number of hydrogen-bond acceptors (Lipinski definition) is 4. The Morgan fingerprint density at radius 1 is 1.42 bits per heavy atom. The first-order valence-electron chi connectivity index (χ1n) is 5.51. The number of aliphatic carboxylic acids is 1. The van der Waals surface area contributed by atoms with Crippen LogP contribution in [0.15, 0.2) is 35.4 Å². The van der Waals surface area contributed by atoms with Gasteiger partial charge in [-0.3, -0.25) is 18.8 Å². The van der Waals surface area contributed by atoms with Gasteiger partial charge in [-0.2, -0.15) is 0 Å². The predicted octanol–water partition coefficient (Wildman–Crippen LogP) is -0.103. The topological polar surface area (TPSA) is 101 Å². The summed E-state index contributed by atoms with van der Waals surface area (Å²) < 4.78 is 1.22. The van der Waals surface area contributed by atoms with E-state index in [1.54, 1.807) is 18.2 Å². The molecule has 0 saturated heterocycles. The maximum absolute atomic E-state index is 12.0. The summed E-state index contributed by atoms with van der Waals surface area (Å²) in [6.07, 6.45) is 2.63. The highest BCUT2D eigenvalue weighted by molar-refractivity contribution is 5.96. The van der Waals surface area contributed by atoms with E-state index < -0.39 is 23.5 Å². The Balaban J connectivity index is 2.41. The summed E-state index contributed by atoms with van der Waals surface area (Å²) in [7, 11) is 0. The molecule has 0 aliphatic carbocycles. The number of hydrogen-bond donors (Lipinski definition) is 2. The lowest BCUT2D eigenvalue weighted by Crippen LogP contribution is -2.41. The fourth-order valence-corrected chi connectivity index (χ4v) is 1.52. The average molecular weight is 261 g/mol. The lowest BCUT2D eigenvalue weighted by atomic mass is 10.2. The van der Waals surface area contributed by atoms with Crippen molar-refractivity contribution in [1.29, 1.82) is 0 Å². The molecule has 1 amide bonds. The van der Waals surface area contributed by atoms with Crippen LogP contribution in [0.3, 0.4) is 0 Å². The van der Waals surface area contributed by atoms with E-state index >= 15 is 0 Å². The summed E-state index contributed by atoms with van der Waals surface area (Å²) >= 11 is 0. The Kier molecular flexibility index (Phi) is 3.28. The Morgan fingerprint density at radius 3 is 2.84 bits per heavy atom. The zero-order valence-corrected chi connectivity index (χ0v) is 10.0. The van der Waals surface area contributed by atoms with Gasteiger partial charge in [0.15, 0.2) is 0 Å². The maximum Gasteiger partial charge on any atom is 0.325 e. The number of nitrogens with one attached hydrogen (secondary N) is 1. The van der Waals surface area contributed by atoms with Crippen LogP contribution < -0.4 is 10.9 Å². The molecule has 7 nitrogen and oxygen atoms in total. The maximum atomic E-state index is 12.0. The molecular formula is C12H11N3O4. The van der Waals surface area contributed by atoms with Crippen LogP contribution >= 0.6 is 0 Å². The van der Waals surface area contributed by atoms with Gasteiger partial charge in [0.25, 0.3) is 11.5 Å². The molecule has 1 atom stereocenters. The van der Waals surface area contributed by atoms with Gasteiger partial charge in [0.1, 0.15) is 17.3 Å². The number of pyridine rings is 1. The minimum atomic E-state index is -1.18. The highest BCUT2D eigenvalue weighted by Gasteiger charge is 2.18. The molecule has 2 rings (SSSR count). The van der Waals surface area contributed by atoms with E-state index in [1.807, 2.05) is 0 Å². The number of nitrogens with zero attached hydrogens (tertiary/aromatic N) is 2. The molecule has 19 heavy (non-hydrogen) atoms. The van der Waals surface area contributed by atoms with Gasteiger partial charge in [-0.1, -0.05) is 6.07 Å². The average Bonchev–Trinajstić information content (AvgIpc) is 2.39. The van der Waals surface area contributed by atoms with Crippen molar-refractivity contribution in [3.05, 3.63) is 46.5 Å². The lowest BCUT2D eigenvalue weighted by Gasteiger charge is -2.09. The van der Waals surface area contributed by atoms with E-state index in [-0.39, 0.29) is 5.56 Å². The third-order valence-corrected chi connectivity index (χ3v) is 2.58. The van der Waals surface area contributed by atoms with Crippen molar-refractivity contribution in [2.24, 2.45) is 0 Å². The number of carboxylic acid groups (broad SMARTS) is 1. The minimum absolute atomic E-state index is 0.197. The monoisotopic (exact) mass is 261 g/mol. The van der Waals surface area contributed by atoms with Crippen LogP contribution in [-0.2, 0) is 4.79 Å². The summed E-state index contributed by atoms with van der Waals surface area (Å²) in [4.78, 5) is 38.5. The number of aromatic nitrogens is 2. The number of carbonyl (C=O) groups is 2. The molecule has 0 radical (unpaired) electrons. The van der Waals surface area contributed by atoms with E-state index in [9.17, 15) is 14.4 Å². The molecule has 0 bridgehead atoms. The molecule has 0 unspecified atom stereocenters.